The van der Waals surface area contributed by atoms with Gasteiger partial charge in [0.15, 0.2) is 0 Å². The fourth-order valence-electron chi connectivity index (χ4n) is 2.48. The van der Waals surface area contributed by atoms with Gasteiger partial charge in [-0.3, -0.25) is 4.68 Å². The van der Waals surface area contributed by atoms with Crippen molar-refractivity contribution in [1.29, 1.82) is 0 Å². The van der Waals surface area contributed by atoms with Gasteiger partial charge in [-0.1, -0.05) is 19.8 Å². The second-order valence-corrected chi connectivity index (χ2v) is 6.96. The molecule has 20 heavy (non-hydrogen) atoms. The number of nitrogens with one attached hydrogen (secondary N) is 2. The zero-order valence-electron chi connectivity index (χ0n) is 12.0. The molecule has 1 fully saturated rings. The number of hydrogen-bond donors (Lipinski definition) is 2. The second kappa shape index (κ2) is 7.19. The van der Waals surface area contributed by atoms with Crippen molar-refractivity contribution in [3.8, 4) is 0 Å². The molecule has 0 atom stereocenters. The number of nitrogens with zero attached hydrogens (tertiary/aromatic N) is 2. The maximum absolute atomic E-state index is 12.2. The molecule has 6 nitrogen and oxygen atoms in total. The minimum atomic E-state index is -3.41. The smallest absolute Gasteiger partial charge is 0.243 e. The van der Waals surface area contributed by atoms with Gasteiger partial charge in [-0.15, -0.1) is 0 Å². The Bertz CT molecular complexity index is 506. The van der Waals surface area contributed by atoms with Crippen molar-refractivity contribution < 1.29 is 8.42 Å². The lowest BCUT2D eigenvalue weighted by molar-refractivity contribution is 0.545. The van der Waals surface area contributed by atoms with Crippen molar-refractivity contribution >= 4 is 10.0 Å². The molecular formula is C13H24N4O2S. The zero-order chi connectivity index (χ0) is 14.4. The molecule has 114 valence electrons. The van der Waals surface area contributed by atoms with Crippen LogP contribution in [0.4, 0.5) is 0 Å². The Morgan fingerprint density at radius 2 is 2.15 bits per heavy atom. The van der Waals surface area contributed by atoms with Crippen LogP contribution in [0, 0.1) is 0 Å². The largest absolute Gasteiger partial charge is 0.317 e. The minimum absolute atomic E-state index is 0.0945. The van der Waals surface area contributed by atoms with Crippen LogP contribution in [0.1, 0.15) is 39.0 Å². The summed E-state index contributed by atoms with van der Waals surface area (Å²) in [5.41, 5.74) is 0. The number of aromatic nitrogens is 2. The maximum atomic E-state index is 12.2. The summed E-state index contributed by atoms with van der Waals surface area (Å²) in [7, 11) is -3.41. The van der Waals surface area contributed by atoms with Gasteiger partial charge in [-0.25, -0.2) is 13.1 Å². The van der Waals surface area contributed by atoms with E-state index in [0.29, 0.717) is 0 Å². The Labute approximate surface area is 121 Å². The highest BCUT2D eigenvalue weighted by Gasteiger charge is 2.23. The molecule has 0 radical (unpaired) electrons. The van der Waals surface area contributed by atoms with Gasteiger partial charge in [0, 0.05) is 18.8 Å². The van der Waals surface area contributed by atoms with Crippen LogP contribution in [-0.4, -0.2) is 37.3 Å². The fraction of sp³-hybridized carbons (Fsp3) is 0.769. The lowest BCUT2D eigenvalue weighted by atomic mass is 10.3. The summed E-state index contributed by atoms with van der Waals surface area (Å²) in [5.74, 6) is 0. The third-order valence-corrected chi connectivity index (χ3v) is 5.06. The highest BCUT2D eigenvalue weighted by molar-refractivity contribution is 7.89. The van der Waals surface area contributed by atoms with E-state index in [9.17, 15) is 8.42 Å². The lowest BCUT2D eigenvalue weighted by Crippen LogP contribution is -2.32. The summed E-state index contributed by atoms with van der Waals surface area (Å²) in [5, 5.41) is 7.36. The molecular weight excluding hydrogens is 276 g/mol. The molecule has 0 spiro atoms. The molecule has 2 N–H and O–H groups in total. The maximum Gasteiger partial charge on any atom is 0.243 e. The van der Waals surface area contributed by atoms with E-state index < -0.39 is 10.0 Å². The van der Waals surface area contributed by atoms with Crippen LogP contribution in [0.5, 0.6) is 0 Å². The van der Waals surface area contributed by atoms with Gasteiger partial charge in [-0.2, -0.15) is 5.10 Å². The van der Waals surface area contributed by atoms with E-state index in [1.54, 1.807) is 10.9 Å². The summed E-state index contributed by atoms with van der Waals surface area (Å²) in [6, 6.07) is 0.0945. The van der Waals surface area contributed by atoms with Crippen molar-refractivity contribution in [2.75, 3.05) is 13.1 Å². The molecule has 1 aliphatic carbocycles. The predicted molar refractivity (Wildman–Crippen MR) is 78.0 cm³/mol. The molecule has 0 aliphatic heterocycles. The Kier molecular flexibility index (Phi) is 5.56. The molecule has 1 heterocycles. The third-order valence-electron chi connectivity index (χ3n) is 3.59. The van der Waals surface area contributed by atoms with Crippen LogP contribution in [0.2, 0.25) is 0 Å². The number of hydrogen-bond acceptors (Lipinski definition) is 4. The average Bonchev–Trinajstić information content (AvgIpc) is 3.05. The molecule has 0 aromatic carbocycles. The van der Waals surface area contributed by atoms with Gasteiger partial charge in [0.25, 0.3) is 0 Å². The molecule has 1 aliphatic rings. The summed E-state index contributed by atoms with van der Waals surface area (Å²) in [4.78, 5) is 0.271. The van der Waals surface area contributed by atoms with Gasteiger partial charge in [0.1, 0.15) is 4.90 Å². The van der Waals surface area contributed by atoms with Crippen molar-refractivity contribution in [2.45, 2.75) is 56.5 Å². The third kappa shape index (κ3) is 4.29. The Morgan fingerprint density at radius 3 is 2.85 bits per heavy atom. The van der Waals surface area contributed by atoms with Crippen LogP contribution in [0.3, 0.4) is 0 Å². The topological polar surface area (TPSA) is 76.0 Å². The molecule has 0 unspecified atom stereocenters. The summed E-state index contributed by atoms with van der Waals surface area (Å²) >= 11 is 0. The molecule has 2 rings (SSSR count). The Morgan fingerprint density at radius 1 is 1.40 bits per heavy atom. The van der Waals surface area contributed by atoms with Crippen LogP contribution < -0.4 is 10.0 Å². The van der Waals surface area contributed by atoms with E-state index in [-0.39, 0.29) is 10.9 Å². The van der Waals surface area contributed by atoms with E-state index in [4.69, 9.17) is 0 Å². The summed E-state index contributed by atoms with van der Waals surface area (Å²) < 4.78 is 28.9. The van der Waals surface area contributed by atoms with Gasteiger partial charge in [-0.05, 0) is 32.4 Å². The van der Waals surface area contributed by atoms with E-state index >= 15 is 0 Å². The van der Waals surface area contributed by atoms with E-state index in [1.165, 1.54) is 6.20 Å². The SMILES string of the molecule is CCNCCCn1cc(S(=O)(=O)NC2CCCC2)cn1. The standard InChI is InChI=1S/C13H24N4O2S/c1-2-14-8-5-9-17-11-13(10-15-17)20(18,19)16-12-6-3-4-7-12/h10-12,14,16H,2-9H2,1H3. The number of sulfonamides is 1. The van der Waals surface area contributed by atoms with Crippen LogP contribution >= 0.6 is 0 Å². The Balaban J connectivity index is 1.89. The fourth-order valence-corrected chi connectivity index (χ4v) is 3.74. The first-order valence-electron chi connectivity index (χ1n) is 7.37. The normalized spacial score (nSPS) is 16.9. The zero-order valence-corrected chi connectivity index (χ0v) is 12.8. The van der Waals surface area contributed by atoms with Crippen LogP contribution in [-0.2, 0) is 16.6 Å². The quantitative estimate of drug-likeness (QED) is 0.705. The molecule has 0 saturated heterocycles. The van der Waals surface area contributed by atoms with Crippen molar-refractivity contribution in [2.24, 2.45) is 0 Å². The monoisotopic (exact) mass is 300 g/mol. The Hall–Kier alpha value is -0.920. The molecule has 0 bridgehead atoms. The minimum Gasteiger partial charge on any atom is -0.317 e. The van der Waals surface area contributed by atoms with Crippen molar-refractivity contribution in [1.82, 2.24) is 19.8 Å². The van der Waals surface area contributed by atoms with Gasteiger partial charge < -0.3 is 5.32 Å². The summed E-state index contributed by atoms with van der Waals surface area (Å²) in [6.45, 7) is 4.65. The number of rotatable bonds is 8. The van der Waals surface area contributed by atoms with Gasteiger partial charge in [0.05, 0.1) is 6.20 Å². The molecule has 0 amide bonds. The predicted octanol–water partition coefficient (Wildman–Crippen LogP) is 1.10. The first kappa shape index (κ1) is 15.5. The molecule has 7 heteroatoms. The van der Waals surface area contributed by atoms with Crippen LogP contribution in [0.15, 0.2) is 17.3 Å². The van der Waals surface area contributed by atoms with Crippen LogP contribution in [0.25, 0.3) is 0 Å². The summed E-state index contributed by atoms with van der Waals surface area (Å²) in [6.07, 6.45) is 8.08. The van der Waals surface area contributed by atoms with Crippen molar-refractivity contribution in [3.63, 3.8) is 0 Å². The highest BCUT2D eigenvalue weighted by atomic mass is 32.2. The van der Waals surface area contributed by atoms with E-state index in [0.717, 1.165) is 51.7 Å². The van der Waals surface area contributed by atoms with Gasteiger partial charge in [0.2, 0.25) is 10.0 Å². The first-order chi connectivity index (χ1) is 9.62. The highest BCUT2D eigenvalue weighted by Crippen LogP contribution is 2.20. The molecule has 1 aromatic rings. The first-order valence-corrected chi connectivity index (χ1v) is 8.85. The number of aryl methyl sites for hydroxylation is 1. The molecule has 1 aromatic heterocycles. The average molecular weight is 300 g/mol. The molecule has 1 saturated carbocycles. The van der Waals surface area contributed by atoms with E-state index in [2.05, 4.69) is 22.1 Å². The lowest BCUT2D eigenvalue weighted by Gasteiger charge is -2.10. The van der Waals surface area contributed by atoms with Crippen molar-refractivity contribution in [3.05, 3.63) is 12.4 Å². The van der Waals surface area contributed by atoms with Gasteiger partial charge >= 0.3 is 0 Å². The van der Waals surface area contributed by atoms with E-state index in [1.807, 2.05) is 0 Å². The second-order valence-electron chi connectivity index (χ2n) is 5.25.